The van der Waals surface area contributed by atoms with Gasteiger partial charge in [0, 0.05) is 24.1 Å². The lowest BCUT2D eigenvalue weighted by Gasteiger charge is -2.14. The monoisotopic (exact) mass is 472 g/mol. The summed E-state index contributed by atoms with van der Waals surface area (Å²) >= 11 is 0. The Balaban J connectivity index is 1.27. The Hall–Kier alpha value is -4.46. The second-order valence-corrected chi connectivity index (χ2v) is 8.16. The molecule has 0 saturated heterocycles. The first-order valence-corrected chi connectivity index (χ1v) is 11.2. The standard InChI is InChI=1S/C27H24N2O6/c30-26(31)16-19-13-12-18(15-25(19)29(33)34)7-5-6-14-28-27(32)35-17-24-22-10-3-1-8-20(22)21-9-2-4-11-23(21)24/h1-5,7-13,15,24H,6,14,16-17H2,(H,28,32)(H,30,31). The van der Waals surface area contributed by atoms with Crippen molar-refractivity contribution in [2.75, 3.05) is 13.2 Å². The van der Waals surface area contributed by atoms with Gasteiger partial charge in [-0.25, -0.2) is 4.79 Å². The van der Waals surface area contributed by atoms with Gasteiger partial charge in [0.2, 0.25) is 0 Å². The van der Waals surface area contributed by atoms with E-state index in [1.165, 1.54) is 23.3 Å². The number of nitro groups is 1. The quantitative estimate of drug-likeness (QED) is 0.252. The first-order chi connectivity index (χ1) is 16.9. The molecule has 8 nitrogen and oxygen atoms in total. The molecule has 1 amide bonds. The molecule has 35 heavy (non-hydrogen) atoms. The van der Waals surface area contributed by atoms with E-state index in [0.29, 0.717) is 18.5 Å². The minimum atomic E-state index is -1.13. The summed E-state index contributed by atoms with van der Waals surface area (Å²) in [6.07, 6.45) is 3.05. The lowest BCUT2D eigenvalue weighted by molar-refractivity contribution is -0.385. The van der Waals surface area contributed by atoms with Gasteiger partial charge >= 0.3 is 12.1 Å². The molecule has 0 unspecified atom stereocenters. The van der Waals surface area contributed by atoms with E-state index in [0.717, 1.165) is 11.1 Å². The molecule has 0 aliphatic heterocycles. The third-order valence-electron chi connectivity index (χ3n) is 5.88. The van der Waals surface area contributed by atoms with Gasteiger partial charge in [0.05, 0.1) is 11.3 Å². The van der Waals surface area contributed by atoms with Crippen molar-refractivity contribution in [3.8, 4) is 11.1 Å². The molecule has 0 radical (unpaired) electrons. The maximum Gasteiger partial charge on any atom is 0.407 e. The summed E-state index contributed by atoms with van der Waals surface area (Å²) in [6, 6.07) is 20.7. The number of aliphatic carboxylic acids is 1. The van der Waals surface area contributed by atoms with Crippen molar-refractivity contribution >= 4 is 23.8 Å². The summed E-state index contributed by atoms with van der Waals surface area (Å²) in [5.41, 5.74) is 5.12. The molecule has 178 valence electrons. The van der Waals surface area contributed by atoms with Crippen LogP contribution in [0, 0.1) is 10.1 Å². The smallest absolute Gasteiger partial charge is 0.407 e. The van der Waals surface area contributed by atoms with Crippen LogP contribution < -0.4 is 5.32 Å². The Kier molecular flexibility index (Phi) is 7.21. The number of alkyl carbamates (subject to hydrolysis) is 1. The Labute approximate surface area is 202 Å². The lowest BCUT2D eigenvalue weighted by atomic mass is 9.98. The Morgan fingerprint density at radius 2 is 1.69 bits per heavy atom. The van der Waals surface area contributed by atoms with Crippen LogP contribution in [0.1, 0.15) is 34.6 Å². The van der Waals surface area contributed by atoms with Crippen LogP contribution in [0.2, 0.25) is 0 Å². The molecule has 0 aromatic heterocycles. The third-order valence-corrected chi connectivity index (χ3v) is 5.88. The molecule has 3 aromatic carbocycles. The van der Waals surface area contributed by atoms with Gasteiger partial charge in [-0.05, 0) is 34.2 Å². The van der Waals surface area contributed by atoms with E-state index >= 15 is 0 Å². The zero-order chi connectivity index (χ0) is 24.8. The van der Waals surface area contributed by atoms with Crippen LogP contribution in [-0.2, 0) is 16.0 Å². The molecule has 4 rings (SSSR count). The number of hydrogen-bond donors (Lipinski definition) is 2. The number of carbonyl (C=O) groups excluding carboxylic acids is 1. The van der Waals surface area contributed by atoms with Crippen LogP contribution in [-0.4, -0.2) is 35.2 Å². The van der Waals surface area contributed by atoms with Gasteiger partial charge in [-0.1, -0.05) is 72.8 Å². The predicted molar refractivity (Wildman–Crippen MR) is 131 cm³/mol. The second-order valence-electron chi connectivity index (χ2n) is 8.16. The predicted octanol–water partition coefficient (Wildman–Crippen LogP) is 5.16. The molecule has 2 N–H and O–H groups in total. The molecule has 3 aromatic rings. The fraction of sp³-hybridized carbons (Fsp3) is 0.185. The molecule has 0 spiro atoms. The van der Waals surface area contributed by atoms with Crippen LogP contribution in [0.25, 0.3) is 17.2 Å². The number of ether oxygens (including phenoxy) is 1. The number of benzene rings is 3. The highest BCUT2D eigenvalue weighted by Gasteiger charge is 2.28. The number of amides is 1. The average Bonchev–Trinajstić information content (AvgIpc) is 3.16. The highest BCUT2D eigenvalue weighted by atomic mass is 16.6. The highest BCUT2D eigenvalue weighted by Crippen LogP contribution is 2.44. The lowest BCUT2D eigenvalue weighted by Crippen LogP contribution is -2.26. The first kappa shape index (κ1) is 23.7. The van der Waals surface area contributed by atoms with Crippen molar-refractivity contribution in [3.63, 3.8) is 0 Å². The molecule has 1 aliphatic carbocycles. The Morgan fingerprint density at radius 3 is 2.31 bits per heavy atom. The van der Waals surface area contributed by atoms with Crippen molar-refractivity contribution < 1.29 is 24.4 Å². The molecule has 0 heterocycles. The number of nitrogens with one attached hydrogen (secondary N) is 1. The molecule has 0 atom stereocenters. The average molecular weight is 472 g/mol. The summed E-state index contributed by atoms with van der Waals surface area (Å²) < 4.78 is 5.49. The van der Waals surface area contributed by atoms with Crippen LogP contribution in [0.3, 0.4) is 0 Å². The van der Waals surface area contributed by atoms with E-state index in [-0.39, 0.29) is 23.8 Å². The third kappa shape index (κ3) is 5.55. The van der Waals surface area contributed by atoms with E-state index in [9.17, 15) is 19.7 Å². The number of fused-ring (bicyclic) bond motifs is 3. The van der Waals surface area contributed by atoms with E-state index in [1.54, 1.807) is 18.2 Å². The fourth-order valence-electron chi connectivity index (χ4n) is 4.29. The van der Waals surface area contributed by atoms with Crippen molar-refractivity contribution in [2.24, 2.45) is 0 Å². The SMILES string of the molecule is O=C(O)Cc1ccc(C=CCCNC(=O)OCC2c3ccccc3-c3ccccc32)cc1[N+](=O)[O-]. The van der Waals surface area contributed by atoms with Gasteiger partial charge in [0.1, 0.15) is 6.61 Å². The second kappa shape index (κ2) is 10.6. The van der Waals surface area contributed by atoms with Gasteiger partial charge in [-0.15, -0.1) is 0 Å². The minimum Gasteiger partial charge on any atom is -0.481 e. The number of carboxylic acid groups (broad SMARTS) is 1. The highest BCUT2D eigenvalue weighted by molar-refractivity contribution is 5.79. The Morgan fingerprint density at radius 1 is 1.03 bits per heavy atom. The maximum atomic E-state index is 12.2. The van der Waals surface area contributed by atoms with E-state index < -0.39 is 23.4 Å². The molecule has 0 saturated carbocycles. The minimum absolute atomic E-state index is 0.00654. The number of nitrogens with zero attached hydrogens (tertiary/aromatic N) is 1. The molecular formula is C27H24N2O6. The van der Waals surface area contributed by atoms with E-state index in [2.05, 4.69) is 29.6 Å². The normalized spacial score (nSPS) is 12.2. The van der Waals surface area contributed by atoms with Gasteiger partial charge in [-0.2, -0.15) is 0 Å². The number of nitro benzene ring substituents is 1. The van der Waals surface area contributed by atoms with Crippen molar-refractivity contribution in [3.05, 3.63) is 105 Å². The Bertz CT molecular complexity index is 1250. The van der Waals surface area contributed by atoms with Gasteiger partial charge in [-0.3, -0.25) is 14.9 Å². The van der Waals surface area contributed by atoms with Gasteiger partial charge in [0.25, 0.3) is 5.69 Å². The van der Waals surface area contributed by atoms with Crippen LogP contribution in [0.4, 0.5) is 10.5 Å². The maximum absolute atomic E-state index is 12.2. The van der Waals surface area contributed by atoms with Gasteiger partial charge < -0.3 is 15.2 Å². The fourth-order valence-corrected chi connectivity index (χ4v) is 4.29. The van der Waals surface area contributed by atoms with Crippen LogP contribution in [0.5, 0.6) is 0 Å². The number of carboxylic acids is 1. The molecule has 0 bridgehead atoms. The summed E-state index contributed by atoms with van der Waals surface area (Å²) in [5, 5.41) is 22.8. The zero-order valence-electron chi connectivity index (χ0n) is 18.8. The van der Waals surface area contributed by atoms with Crippen molar-refractivity contribution in [1.29, 1.82) is 0 Å². The molecule has 1 aliphatic rings. The molecule has 0 fully saturated rings. The summed E-state index contributed by atoms with van der Waals surface area (Å²) in [7, 11) is 0. The zero-order valence-corrected chi connectivity index (χ0v) is 18.8. The summed E-state index contributed by atoms with van der Waals surface area (Å²) in [5.74, 6) is -1.14. The molecule has 8 heteroatoms. The largest absolute Gasteiger partial charge is 0.481 e. The number of carbonyl (C=O) groups is 2. The summed E-state index contributed by atoms with van der Waals surface area (Å²) in [4.78, 5) is 33.7. The number of rotatable bonds is 9. The van der Waals surface area contributed by atoms with Crippen LogP contribution in [0.15, 0.2) is 72.8 Å². The van der Waals surface area contributed by atoms with Gasteiger partial charge in [0.15, 0.2) is 0 Å². The molecular weight excluding hydrogens is 448 g/mol. The van der Waals surface area contributed by atoms with Crippen molar-refractivity contribution in [2.45, 2.75) is 18.8 Å². The number of hydrogen-bond acceptors (Lipinski definition) is 5. The van der Waals surface area contributed by atoms with E-state index in [1.807, 2.05) is 24.3 Å². The summed E-state index contributed by atoms with van der Waals surface area (Å²) in [6.45, 7) is 0.578. The first-order valence-electron chi connectivity index (χ1n) is 11.2. The topological polar surface area (TPSA) is 119 Å². The van der Waals surface area contributed by atoms with Crippen molar-refractivity contribution in [1.82, 2.24) is 5.32 Å². The van der Waals surface area contributed by atoms with E-state index in [4.69, 9.17) is 9.84 Å². The van der Waals surface area contributed by atoms with Crippen LogP contribution >= 0.6 is 0 Å².